The molecule has 0 radical (unpaired) electrons. The van der Waals surface area contributed by atoms with Crippen molar-refractivity contribution in [3.63, 3.8) is 0 Å². The van der Waals surface area contributed by atoms with Crippen LogP contribution in [0.15, 0.2) is 22.7 Å². The van der Waals surface area contributed by atoms with Gasteiger partial charge in [0.05, 0.1) is 16.6 Å². The smallest absolute Gasteiger partial charge is 0.337 e. The molecule has 2 aromatic rings. The minimum atomic E-state index is -0.514. The lowest BCUT2D eigenvalue weighted by Gasteiger charge is -2.04. The first-order valence-electron chi connectivity index (χ1n) is 5.42. The molecule has 2 rings (SSSR count). The van der Waals surface area contributed by atoms with E-state index in [0.717, 1.165) is 0 Å². The van der Waals surface area contributed by atoms with Gasteiger partial charge in [-0.2, -0.15) is 4.98 Å². The highest BCUT2D eigenvalue weighted by Gasteiger charge is 2.15. The first-order valence-corrected chi connectivity index (χ1v) is 6.21. The van der Waals surface area contributed by atoms with Gasteiger partial charge in [-0.25, -0.2) is 9.49 Å². The van der Waals surface area contributed by atoms with E-state index in [1.807, 2.05) is 0 Å². The molecule has 0 aliphatic rings. The van der Waals surface area contributed by atoms with Crippen LogP contribution in [0.3, 0.4) is 0 Å². The number of ether oxygens (including phenoxy) is 1. The Morgan fingerprint density at radius 1 is 1.58 bits per heavy atom. The average Bonchev–Trinajstić information content (AvgIpc) is 2.80. The van der Waals surface area contributed by atoms with Crippen molar-refractivity contribution in [1.82, 2.24) is 15.2 Å². The second-order valence-corrected chi connectivity index (χ2v) is 4.25. The van der Waals surface area contributed by atoms with Crippen LogP contribution in [0.2, 0.25) is 0 Å². The predicted octanol–water partition coefficient (Wildman–Crippen LogP) is 2.36. The zero-order valence-corrected chi connectivity index (χ0v) is 11.5. The zero-order chi connectivity index (χ0) is 13.8. The summed E-state index contributed by atoms with van der Waals surface area (Å²) in [5, 5.41) is 8.69. The number of nitrogens with zero attached hydrogens (tertiary/aromatic N) is 2. The number of benzene rings is 1. The normalized spacial score (nSPS) is 10.3. The van der Waals surface area contributed by atoms with Gasteiger partial charge < -0.3 is 4.74 Å². The number of rotatable bonds is 4. The highest BCUT2D eigenvalue weighted by molar-refractivity contribution is 9.10. The van der Waals surface area contributed by atoms with Gasteiger partial charge in [0.2, 0.25) is 5.95 Å². The molecular formula is C11H10BrFN4O2. The number of carbonyl (C=O) groups excluding carboxylic acids is 1. The lowest BCUT2D eigenvalue weighted by molar-refractivity contribution is 0.102. The summed E-state index contributed by atoms with van der Waals surface area (Å²) in [5.74, 6) is -0.893. The second kappa shape index (κ2) is 5.79. The third-order valence-electron chi connectivity index (χ3n) is 2.17. The van der Waals surface area contributed by atoms with Gasteiger partial charge in [-0.1, -0.05) is 6.07 Å². The number of aromatic amines is 1. The fraction of sp³-hybridized carbons (Fsp3) is 0.182. The molecule has 0 bridgehead atoms. The maximum atomic E-state index is 13.3. The van der Waals surface area contributed by atoms with Crippen molar-refractivity contribution in [2.75, 3.05) is 11.9 Å². The number of H-pyrrole nitrogens is 1. The van der Waals surface area contributed by atoms with E-state index in [4.69, 9.17) is 4.74 Å². The van der Waals surface area contributed by atoms with Crippen LogP contribution in [0.25, 0.3) is 0 Å². The van der Waals surface area contributed by atoms with E-state index < -0.39 is 11.7 Å². The van der Waals surface area contributed by atoms with Gasteiger partial charge in [-0.15, -0.1) is 5.10 Å². The minimum absolute atomic E-state index is 0.0945. The zero-order valence-electron chi connectivity index (χ0n) is 9.91. The topological polar surface area (TPSA) is 79.9 Å². The van der Waals surface area contributed by atoms with Crippen LogP contribution in [-0.4, -0.2) is 27.7 Å². The molecule has 0 unspecified atom stereocenters. The van der Waals surface area contributed by atoms with Gasteiger partial charge in [0.25, 0.3) is 5.91 Å². The molecule has 0 atom stereocenters. The summed E-state index contributed by atoms with van der Waals surface area (Å²) >= 11 is 3.02. The Kier molecular flexibility index (Phi) is 4.10. The van der Waals surface area contributed by atoms with Crippen molar-refractivity contribution in [1.29, 1.82) is 0 Å². The van der Waals surface area contributed by atoms with E-state index in [0.29, 0.717) is 6.61 Å². The van der Waals surface area contributed by atoms with E-state index in [-0.39, 0.29) is 22.0 Å². The Labute approximate surface area is 116 Å². The number of hydrogen-bond acceptors (Lipinski definition) is 4. The summed E-state index contributed by atoms with van der Waals surface area (Å²) < 4.78 is 18.4. The predicted molar refractivity (Wildman–Crippen MR) is 69.6 cm³/mol. The van der Waals surface area contributed by atoms with E-state index in [2.05, 4.69) is 36.4 Å². The van der Waals surface area contributed by atoms with Crippen LogP contribution in [0.5, 0.6) is 6.01 Å². The molecular weight excluding hydrogens is 319 g/mol. The molecule has 2 N–H and O–H groups in total. The summed E-state index contributed by atoms with van der Waals surface area (Å²) in [7, 11) is 0. The lowest BCUT2D eigenvalue weighted by atomic mass is 10.2. The van der Waals surface area contributed by atoms with Gasteiger partial charge in [0.15, 0.2) is 0 Å². The maximum absolute atomic E-state index is 13.3. The van der Waals surface area contributed by atoms with Gasteiger partial charge in [0, 0.05) is 0 Å². The lowest BCUT2D eigenvalue weighted by Crippen LogP contribution is -2.14. The number of nitrogens with one attached hydrogen (secondary N) is 2. The van der Waals surface area contributed by atoms with Crippen LogP contribution >= 0.6 is 15.9 Å². The van der Waals surface area contributed by atoms with Crippen LogP contribution in [0, 0.1) is 5.82 Å². The van der Waals surface area contributed by atoms with Crippen LogP contribution in [0.4, 0.5) is 10.3 Å². The third-order valence-corrected chi connectivity index (χ3v) is 2.97. The van der Waals surface area contributed by atoms with Crippen molar-refractivity contribution < 1.29 is 13.9 Å². The molecule has 0 aliphatic heterocycles. The quantitative estimate of drug-likeness (QED) is 0.902. The third kappa shape index (κ3) is 3.08. The van der Waals surface area contributed by atoms with E-state index in [1.54, 1.807) is 6.92 Å². The van der Waals surface area contributed by atoms with Crippen molar-refractivity contribution in [2.24, 2.45) is 0 Å². The largest absolute Gasteiger partial charge is 0.463 e. The first-order chi connectivity index (χ1) is 9.11. The summed E-state index contributed by atoms with van der Waals surface area (Å²) in [6, 6.07) is 4.32. The Morgan fingerprint density at radius 2 is 2.37 bits per heavy atom. The summed E-state index contributed by atoms with van der Waals surface area (Å²) in [6.45, 7) is 2.21. The summed E-state index contributed by atoms with van der Waals surface area (Å²) in [5.41, 5.74) is 0.161. The molecule has 6 nitrogen and oxygen atoms in total. The Bertz CT molecular complexity index is 602. The van der Waals surface area contributed by atoms with Gasteiger partial charge in [0.1, 0.15) is 5.82 Å². The highest BCUT2D eigenvalue weighted by Crippen LogP contribution is 2.21. The number of hydrogen-bond donors (Lipinski definition) is 2. The molecule has 1 aromatic heterocycles. The van der Waals surface area contributed by atoms with E-state index >= 15 is 0 Å². The van der Waals surface area contributed by atoms with Crippen molar-refractivity contribution in [3.8, 4) is 6.01 Å². The Balaban J connectivity index is 2.14. The van der Waals surface area contributed by atoms with Crippen molar-refractivity contribution in [3.05, 3.63) is 34.1 Å². The molecule has 0 spiro atoms. The fourth-order valence-corrected chi connectivity index (χ4v) is 1.79. The van der Waals surface area contributed by atoms with Crippen LogP contribution in [-0.2, 0) is 0 Å². The van der Waals surface area contributed by atoms with Gasteiger partial charge in [-0.3, -0.25) is 10.1 Å². The summed E-state index contributed by atoms with van der Waals surface area (Å²) in [6.07, 6.45) is 0. The van der Waals surface area contributed by atoms with Crippen LogP contribution < -0.4 is 10.1 Å². The second-order valence-electron chi connectivity index (χ2n) is 3.46. The Morgan fingerprint density at radius 3 is 3.11 bits per heavy atom. The summed E-state index contributed by atoms with van der Waals surface area (Å²) in [4.78, 5) is 15.8. The monoisotopic (exact) mass is 328 g/mol. The standard InChI is InChI=1S/C11H10BrFN4O2/c1-2-19-11-15-10(16-17-11)14-9(18)6-4-3-5-7(13)8(6)12/h3-5H,2H2,1H3,(H2,14,15,16,17,18). The molecule has 1 amide bonds. The van der Waals surface area contributed by atoms with Gasteiger partial charge in [-0.05, 0) is 35.0 Å². The fourth-order valence-electron chi connectivity index (χ4n) is 1.35. The number of aromatic nitrogens is 3. The molecule has 0 saturated heterocycles. The molecule has 0 fully saturated rings. The molecule has 100 valence electrons. The number of carbonyl (C=O) groups is 1. The molecule has 0 saturated carbocycles. The SMILES string of the molecule is CCOc1n[nH]c(NC(=O)c2cccc(F)c2Br)n1. The molecule has 1 heterocycles. The number of amides is 1. The van der Waals surface area contributed by atoms with E-state index in [9.17, 15) is 9.18 Å². The van der Waals surface area contributed by atoms with Crippen molar-refractivity contribution >= 4 is 27.8 Å². The highest BCUT2D eigenvalue weighted by atomic mass is 79.9. The number of anilines is 1. The maximum Gasteiger partial charge on any atom is 0.337 e. The minimum Gasteiger partial charge on any atom is -0.463 e. The molecule has 0 aliphatic carbocycles. The van der Waals surface area contributed by atoms with E-state index in [1.165, 1.54) is 18.2 Å². The Hall–Kier alpha value is -1.96. The number of halogens is 2. The molecule has 19 heavy (non-hydrogen) atoms. The molecule has 1 aromatic carbocycles. The van der Waals surface area contributed by atoms with Crippen LogP contribution in [0.1, 0.15) is 17.3 Å². The van der Waals surface area contributed by atoms with Gasteiger partial charge >= 0.3 is 6.01 Å². The van der Waals surface area contributed by atoms with Crippen molar-refractivity contribution in [2.45, 2.75) is 6.92 Å². The average molecular weight is 329 g/mol. The molecule has 8 heteroatoms. The first kappa shape index (κ1) is 13.5.